The van der Waals surface area contributed by atoms with E-state index >= 15 is 0 Å². The predicted octanol–water partition coefficient (Wildman–Crippen LogP) is 1.19. The average molecular weight is 443 g/mol. The molecule has 5 N–H and O–H groups in total. The van der Waals surface area contributed by atoms with Crippen LogP contribution in [0.5, 0.6) is 0 Å². The van der Waals surface area contributed by atoms with Gasteiger partial charge in [-0.05, 0) is 43.5 Å². The minimum Gasteiger partial charge on any atom is -0.368 e. The number of rotatable bonds is 1. The fraction of sp³-hybridized carbons (Fsp3) is 0.381. The maximum atomic E-state index is 12.7. The molecule has 3 rings (SSSR count). The number of hydrogen-bond donors (Lipinski definition) is 4. The number of carbonyl (C=O) groups is 3. The van der Waals surface area contributed by atoms with Crippen molar-refractivity contribution in [3.05, 3.63) is 34.9 Å². The lowest BCUT2D eigenvalue weighted by Crippen LogP contribution is -2.48. The number of benzene rings is 1. The number of thioether (sulfide) groups is 1. The van der Waals surface area contributed by atoms with Gasteiger partial charge in [0.25, 0.3) is 5.91 Å². The van der Waals surface area contributed by atoms with E-state index in [1.807, 2.05) is 26.0 Å². The first kappa shape index (κ1) is 22.5. The Morgan fingerprint density at radius 1 is 1.10 bits per heavy atom. The van der Waals surface area contributed by atoms with Crippen molar-refractivity contribution in [2.24, 2.45) is 0 Å². The van der Waals surface area contributed by atoms with E-state index in [-0.39, 0.29) is 29.4 Å². The third-order valence-corrected chi connectivity index (χ3v) is 5.85. The lowest BCUT2D eigenvalue weighted by atomic mass is 9.97. The van der Waals surface area contributed by atoms with E-state index in [2.05, 4.69) is 25.9 Å². The average Bonchev–Trinajstić information content (AvgIpc) is 2.69. The van der Waals surface area contributed by atoms with E-state index in [1.165, 1.54) is 18.7 Å². The first-order valence-corrected chi connectivity index (χ1v) is 10.9. The first-order valence-electron chi connectivity index (χ1n) is 9.96. The fourth-order valence-corrected chi connectivity index (χ4v) is 4.27. The van der Waals surface area contributed by atoms with Crippen LogP contribution in [-0.4, -0.2) is 52.6 Å². The SMILES string of the molecule is CC(=O)NC1CSc2cc(nc(N)n2)-c2cc(c(C)cc2C)C(=O)NCCCNC1=O. The van der Waals surface area contributed by atoms with Gasteiger partial charge in [-0.1, -0.05) is 6.07 Å². The fourth-order valence-electron chi connectivity index (χ4n) is 3.34. The number of anilines is 1. The van der Waals surface area contributed by atoms with Crippen LogP contribution >= 0.6 is 11.8 Å². The molecule has 1 aromatic heterocycles. The molecule has 164 valence electrons. The molecule has 0 saturated carbocycles. The third-order valence-electron chi connectivity index (χ3n) is 4.84. The van der Waals surface area contributed by atoms with Crippen LogP contribution in [0.1, 0.15) is 34.8 Å². The number of fused-ring (bicyclic) bond motifs is 5. The molecule has 1 aromatic carbocycles. The maximum absolute atomic E-state index is 12.7. The van der Waals surface area contributed by atoms with Gasteiger partial charge in [-0.25, -0.2) is 9.97 Å². The van der Waals surface area contributed by atoms with Crippen LogP contribution in [0.4, 0.5) is 5.95 Å². The number of nitrogens with one attached hydrogen (secondary N) is 3. The predicted molar refractivity (Wildman–Crippen MR) is 120 cm³/mol. The number of nitrogen functional groups attached to an aromatic ring is 1. The van der Waals surface area contributed by atoms with E-state index in [0.717, 1.165) is 16.7 Å². The van der Waals surface area contributed by atoms with Gasteiger partial charge in [0.1, 0.15) is 11.1 Å². The molecule has 1 atom stereocenters. The number of carbonyl (C=O) groups excluding carboxylic acids is 3. The molecular formula is C21H26N6O3S. The quantitative estimate of drug-likeness (QED) is 0.487. The van der Waals surface area contributed by atoms with Crippen LogP contribution < -0.4 is 21.7 Å². The molecule has 31 heavy (non-hydrogen) atoms. The molecule has 4 bridgehead atoms. The maximum Gasteiger partial charge on any atom is 0.251 e. The van der Waals surface area contributed by atoms with Crippen molar-refractivity contribution >= 4 is 35.4 Å². The van der Waals surface area contributed by atoms with E-state index in [4.69, 9.17) is 5.73 Å². The zero-order valence-corrected chi connectivity index (χ0v) is 18.6. The van der Waals surface area contributed by atoms with Gasteiger partial charge in [0.05, 0.1) is 5.69 Å². The highest BCUT2D eigenvalue weighted by Crippen LogP contribution is 2.29. The Kier molecular flexibility index (Phi) is 7.11. The number of amides is 3. The molecule has 3 amide bonds. The minimum absolute atomic E-state index is 0.0904. The molecule has 9 nitrogen and oxygen atoms in total. The highest BCUT2D eigenvalue weighted by Gasteiger charge is 2.21. The van der Waals surface area contributed by atoms with Crippen molar-refractivity contribution in [3.8, 4) is 11.3 Å². The summed E-state index contributed by atoms with van der Waals surface area (Å²) in [6, 6.07) is 4.82. The summed E-state index contributed by atoms with van der Waals surface area (Å²) in [4.78, 5) is 45.4. The topological polar surface area (TPSA) is 139 Å². The summed E-state index contributed by atoms with van der Waals surface area (Å²) in [5, 5.41) is 8.93. The molecule has 0 spiro atoms. The second kappa shape index (κ2) is 9.78. The molecule has 0 radical (unpaired) electrons. The Labute approximate surface area is 185 Å². The number of aryl methyl sites for hydroxylation is 2. The van der Waals surface area contributed by atoms with Gasteiger partial charge in [0.2, 0.25) is 17.8 Å². The van der Waals surface area contributed by atoms with Crippen LogP contribution in [0.25, 0.3) is 11.3 Å². The molecule has 1 unspecified atom stereocenters. The molecule has 1 aliphatic rings. The number of nitrogens with zero attached hydrogens (tertiary/aromatic N) is 2. The summed E-state index contributed by atoms with van der Waals surface area (Å²) in [5.74, 6) is -0.401. The zero-order valence-electron chi connectivity index (χ0n) is 17.7. The molecule has 10 heteroatoms. The zero-order chi connectivity index (χ0) is 22.5. The van der Waals surface area contributed by atoms with E-state index in [0.29, 0.717) is 35.8 Å². The smallest absolute Gasteiger partial charge is 0.251 e. The van der Waals surface area contributed by atoms with Gasteiger partial charge >= 0.3 is 0 Å². The first-order chi connectivity index (χ1) is 14.7. The molecule has 2 heterocycles. The number of aromatic nitrogens is 2. The lowest BCUT2D eigenvalue weighted by molar-refractivity contribution is -0.127. The Morgan fingerprint density at radius 2 is 1.81 bits per heavy atom. The Balaban J connectivity index is 2.03. The van der Waals surface area contributed by atoms with Crippen molar-refractivity contribution in [1.29, 1.82) is 0 Å². The van der Waals surface area contributed by atoms with Crippen molar-refractivity contribution in [2.75, 3.05) is 24.6 Å². The van der Waals surface area contributed by atoms with Crippen LogP contribution in [-0.2, 0) is 9.59 Å². The molecule has 0 fully saturated rings. The monoisotopic (exact) mass is 442 g/mol. The molecule has 0 aliphatic carbocycles. The molecule has 2 aromatic rings. The molecule has 1 aliphatic heterocycles. The Morgan fingerprint density at radius 3 is 2.55 bits per heavy atom. The van der Waals surface area contributed by atoms with Gasteiger partial charge in [-0.2, -0.15) is 0 Å². The summed E-state index contributed by atoms with van der Waals surface area (Å²) in [7, 11) is 0. The Bertz CT molecular complexity index is 1030. The van der Waals surface area contributed by atoms with E-state index in [9.17, 15) is 14.4 Å². The summed E-state index contributed by atoms with van der Waals surface area (Å²) < 4.78 is 0. The van der Waals surface area contributed by atoms with E-state index < -0.39 is 6.04 Å². The highest BCUT2D eigenvalue weighted by atomic mass is 32.2. The number of hydrogen-bond acceptors (Lipinski definition) is 7. The van der Waals surface area contributed by atoms with E-state index in [1.54, 1.807) is 6.07 Å². The normalized spacial score (nSPS) is 17.5. The van der Waals surface area contributed by atoms with Gasteiger partial charge in [0, 0.05) is 36.9 Å². The van der Waals surface area contributed by atoms with Crippen molar-refractivity contribution in [3.63, 3.8) is 0 Å². The van der Waals surface area contributed by atoms with Gasteiger partial charge in [0.15, 0.2) is 0 Å². The summed E-state index contributed by atoms with van der Waals surface area (Å²) in [6.45, 7) is 5.99. The van der Waals surface area contributed by atoms with Crippen molar-refractivity contribution in [2.45, 2.75) is 38.3 Å². The lowest BCUT2D eigenvalue weighted by Gasteiger charge is -2.18. The van der Waals surface area contributed by atoms with Crippen LogP contribution in [0.3, 0.4) is 0 Å². The van der Waals surface area contributed by atoms with Gasteiger partial charge in [-0.3, -0.25) is 14.4 Å². The molecular weight excluding hydrogens is 416 g/mol. The third kappa shape index (κ3) is 5.72. The van der Waals surface area contributed by atoms with Crippen LogP contribution in [0, 0.1) is 13.8 Å². The van der Waals surface area contributed by atoms with Crippen LogP contribution in [0.2, 0.25) is 0 Å². The van der Waals surface area contributed by atoms with Crippen molar-refractivity contribution in [1.82, 2.24) is 25.9 Å². The van der Waals surface area contributed by atoms with Crippen molar-refractivity contribution < 1.29 is 14.4 Å². The largest absolute Gasteiger partial charge is 0.368 e. The van der Waals surface area contributed by atoms with Gasteiger partial charge in [-0.15, -0.1) is 11.8 Å². The number of nitrogens with two attached hydrogens (primary N) is 1. The standard InChI is InChI=1S/C21H26N6O3S/c1-11-7-12(2)15-8-14(11)16-9-18(27-21(22)26-16)31-10-17(25-13(3)28)20(30)24-6-4-5-23-19(15)29/h7-9,17H,4-6,10H2,1-3H3,(H,23,29)(H,24,30)(H,25,28)(H2,22,26,27). The second-order valence-electron chi connectivity index (χ2n) is 7.40. The summed E-state index contributed by atoms with van der Waals surface area (Å²) in [6.07, 6.45) is 0.563. The highest BCUT2D eigenvalue weighted by molar-refractivity contribution is 7.99. The van der Waals surface area contributed by atoms with Crippen LogP contribution in [0.15, 0.2) is 23.2 Å². The minimum atomic E-state index is -0.725. The van der Waals surface area contributed by atoms with Gasteiger partial charge < -0.3 is 21.7 Å². The summed E-state index contributed by atoms with van der Waals surface area (Å²) >= 11 is 1.30. The summed E-state index contributed by atoms with van der Waals surface area (Å²) in [5.41, 5.74) is 9.71. The Hall–Kier alpha value is -3.14. The molecule has 0 saturated heterocycles. The second-order valence-corrected chi connectivity index (χ2v) is 8.44.